The number of carbonyl (C=O) groups excluding carboxylic acids is 1. The van der Waals surface area contributed by atoms with Crippen molar-refractivity contribution in [3.63, 3.8) is 0 Å². The number of nitrogens with one attached hydrogen (secondary N) is 1. The van der Waals surface area contributed by atoms with E-state index in [1.54, 1.807) is 6.08 Å². The summed E-state index contributed by atoms with van der Waals surface area (Å²) >= 11 is 0. The summed E-state index contributed by atoms with van der Waals surface area (Å²) in [4.78, 5) is 12.5. The molecule has 0 aromatic rings. The van der Waals surface area contributed by atoms with Crippen molar-refractivity contribution in [1.82, 2.24) is 5.32 Å². The summed E-state index contributed by atoms with van der Waals surface area (Å²) in [5, 5.41) is 23.1. The lowest BCUT2D eigenvalue weighted by Gasteiger charge is -2.19. The minimum atomic E-state index is -0.862. The molecule has 0 saturated carbocycles. The van der Waals surface area contributed by atoms with E-state index in [0.29, 0.717) is 6.42 Å². The van der Waals surface area contributed by atoms with E-state index < -0.39 is 12.1 Å². The predicted molar refractivity (Wildman–Crippen MR) is 271 cm³/mol. The number of rotatable bonds is 50. The highest BCUT2D eigenvalue weighted by atomic mass is 16.3. The van der Waals surface area contributed by atoms with Gasteiger partial charge in [-0.25, -0.2) is 0 Å². The van der Waals surface area contributed by atoms with E-state index in [0.717, 1.165) is 38.5 Å². The maximum atomic E-state index is 12.5. The Morgan fingerprint density at radius 3 is 1.05 bits per heavy atom. The molecule has 61 heavy (non-hydrogen) atoms. The third-order valence-corrected chi connectivity index (χ3v) is 12.5. The van der Waals surface area contributed by atoms with Crippen LogP contribution in [-0.4, -0.2) is 34.9 Å². The van der Waals surface area contributed by atoms with Gasteiger partial charge in [-0.15, -0.1) is 0 Å². The van der Waals surface area contributed by atoms with E-state index in [4.69, 9.17) is 0 Å². The number of amides is 1. The van der Waals surface area contributed by atoms with Crippen molar-refractivity contribution in [3.05, 3.63) is 48.6 Å². The lowest BCUT2D eigenvalue weighted by molar-refractivity contribution is -0.123. The fourth-order valence-electron chi connectivity index (χ4n) is 8.34. The molecular formula is C57H107NO3. The summed E-state index contributed by atoms with van der Waals surface area (Å²) in [6, 6.07) is -0.638. The summed E-state index contributed by atoms with van der Waals surface area (Å²) in [6.45, 7) is 4.31. The standard InChI is InChI=1S/C57H107NO3/c1-3-5-7-9-11-13-15-17-19-21-23-24-25-26-27-28-29-30-31-32-33-34-35-37-39-41-43-45-47-49-51-53-57(61)58-55(54-59)56(60)52-50-48-46-44-42-40-38-36-22-20-18-16-14-12-10-8-6-4-2/h15,17,21,23,42,44,50,52,55-56,59-60H,3-14,16,18-20,22,24-41,43,45-49,51,53-54H2,1-2H3,(H,58,61)/b17-15-,23-21-,44-42+,52-50+. The zero-order chi connectivity index (χ0) is 44.2. The molecule has 358 valence electrons. The fourth-order valence-corrected chi connectivity index (χ4v) is 8.34. The summed E-state index contributed by atoms with van der Waals surface area (Å²) in [6.07, 6.45) is 72.7. The summed E-state index contributed by atoms with van der Waals surface area (Å²) in [5.74, 6) is -0.0702. The van der Waals surface area contributed by atoms with Gasteiger partial charge in [-0.1, -0.05) is 268 Å². The van der Waals surface area contributed by atoms with Crippen LogP contribution in [0.15, 0.2) is 48.6 Å². The Bertz CT molecular complexity index is 970. The maximum Gasteiger partial charge on any atom is 0.220 e. The molecule has 0 spiro atoms. The Hall–Kier alpha value is -1.65. The Morgan fingerprint density at radius 1 is 0.393 bits per heavy atom. The smallest absolute Gasteiger partial charge is 0.220 e. The first-order chi connectivity index (χ1) is 30.2. The molecule has 0 rings (SSSR count). The molecule has 0 saturated heterocycles. The molecular weight excluding hydrogens is 747 g/mol. The summed E-state index contributed by atoms with van der Waals surface area (Å²) < 4.78 is 0. The Kier molecular flexibility index (Phi) is 51.3. The molecule has 0 aliphatic carbocycles. The first-order valence-corrected chi connectivity index (χ1v) is 27.4. The second kappa shape index (κ2) is 52.7. The van der Waals surface area contributed by atoms with Crippen LogP contribution < -0.4 is 5.32 Å². The van der Waals surface area contributed by atoms with Crippen LogP contribution in [0.3, 0.4) is 0 Å². The lowest BCUT2D eigenvalue weighted by atomic mass is 10.0. The van der Waals surface area contributed by atoms with Crippen LogP contribution in [-0.2, 0) is 4.79 Å². The largest absolute Gasteiger partial charge is 0.394 e. The van der Waals surface area contributed by atoms with Crippen LogP contribution >= 0.6 is 0 Å². The van der Waals surface area contributed by atoms with E-state index in [9.17, 15) is 15.0 Å². The van der Waals surface area contributed by atoms with Crippen LogP contribution in [0.2, 0.25) is 0 Å². The molecule has 0 aromatic carbocycles. The third-order valence-electron chi connectivity index (χ3n) is 12.5. The summed E-state index contributed by atoms with van der Waals surface area (Å²) in [7, 11) is 0. The van der Waals surface area contributed by atoms with E-state index in [1.807, 2.05) is 6.08 Å². The highest BCUT2D eigenvalue weighted by Crippen LogP contribution is 2.16. The minimum absolute atomic E-state index is 0.0702. The van der Waals surface area contributed by atoms with Gasteiger partial charge in [0.1, 0.15) is 0 Å². The quantitative estimate of drug-likeness (QED) is 0.0422. The Balaban J connectivity index is 3.49. The van der Waals surface area contributed by atoms with Crippen LogP contribution in [0.5, 0.6) is 0 Å². The number of aliphatic hydroxyl groups is 2. The van der Waals surface area contributed by atoms with Crippen LogP contribution in [0.25, 0.3) is 0 Å². The zero-order valence-corrected chi connectivity index (χ0v) is 41.2. The average molecular weight is 854 g/mol. The molecule has 3 N–H and O–H groups in total. The van der Waals surface area contributed by atoms with E-state index in [2.05, 4.69) is 55.6 Å². The predicted octanol–water partition coefficient (Wildman–Crippen LogP) is 17.9. The molecule has 2 atom stereocenters. The molecule has 0 aliphatic heterocycles. The van der Waals surface area contributed by atoms with Gasteiger partial charge in [0.2, 0.25) is 5.91 Å². The van der Waals surface area contributed by atoms with Crippen LogP contribution in [0, 0.1) is 0 Å². The Labute approximate surface area is 382 Å². The minimum Gasteiger partial charge on any atom is -0.394 e. The van der Waals surface area contributed by atoms with Gasteiger partial charge >= 0.3 is 0 Å². The van der Waals surface area contributed by atoms with E-state index in [1.165, 1.54) is 231 Å². The van der Waals surface area contributed by atoms with Gasteiger partial charge in [-0.2, -0.15) is 0 Å². The van der Waals surface area contributed by atoms with Crippen molar-refractivity contribution in [2.24, 2.45) is 0 Å². The Morgan fingerprint density at radius 2 is 0.689 bits per heavy atom. The zero-order valence-electron chi connectivity index (χ0n) is 41.2. The van der Waals surface area contributed by atoms with Gasteiger partial charge in [0.25, 0.3) is 0 Å². The number of hydrogen-bond acceptors (Lipinski definition) is 3. The molecule has 1 amide bonds. The van der Waals surface area contributed by atoms with Crippen molar-refractivity contribution in [1.29, 1.82) is 0 Å². The topological polar surface area (TPSA) is 69.6 Å². The van der Waals surface area contributed by atoms with Crippen molar-refractivity contribution >= 4 is 5.91 Å². The van der Waals surface area contributed by atoms with E-state index in [-0.39, 0.29) is 12.5 Å². The second-order valence-electron chi connectivity index (χ2n) is 18.6. The average Bonchev–Trinajstić information content (AvgIpc) is 3.26. The van der Waals surface area contributed by atoms with Crippen LogP contribution in [0.4, 0.5) is 0 Å². The molecule has 0 aliphatic rings. The lowest BCUT2D eigenvalue weighted by Crippen LogP contribution is -2.45. The highest BCUT2D eigenvalue weighted by molar-refractivity contribution is 5.76. The normalized spacial score (nSPS) is 13.2. The maximum absolute atomic E-state index is 12.5. The number of carbonyl (C=O) groups is 1. The molecule has 0 radical (unpaired) electrons. The van der Waals surface area contributed by atoms with Crippen molar-refractivity contribution in [2.75, 3.05) is 6.61 Å². The van der Waals surface area contributed by atoms with Gasteiger partial charge in [0.15, 0.2) is 0 Å². The first kappa shape index (κ1) is 59.4. The third kappa shape index (κ3) is 49.2. The molecule has 4 nitrogen and oxygen atoms in total. The highest BCUT2D eigenvalue weighted by Gasteiger charge is 2.18. The second-order valence-corrected chi connectivity index (χ2v) is 18.6. The van der Waals surface area contributed by atoms with Gasteiger partial charge in [-0.3, -0.25) is 4.79 Å². The number of aliphatic hydroxyl groups excluding tert-OH is 2. The van der Waals surface area contributed by atoms with Gasteiger partial charge < -0.3 is 15.5 Å². The SMILES string of the molecule is CCCCCCC/C=C\C/C=C\CCCCCCCCCCCCCCCCCCCCCC(=O)NC(CO)C(O)/C=C/CC/C=C/CCCCCCCCCCCCCC. The number of hydrogen-bond donors (Lipinski definition) is 3. The molecule has 0 bridgehead atoms. The molecule has 2 unspecified atom stereocenters. The van der Waals surface area contributed by atoms with Gasteiger partial charge in [0.05, 0.1) is 18.8 Å². The molecule has 4 heteroatoms. The van der Waals surface area contributed by atoms with Crippen molar-refractivity contribution < 1.29 is 15.0 Å². The first-order valence-electron chi connectivity index (χ1n) is 27.4. The number of allylic oxidation sites excluding steroid dienone is 7. The van der Waals surface area contributed by atoms with E-state index >= 15 is 0 Å². The molecule has 0 fully saturated rings. The van der Waals surface area contributed by atoms with Gasteiger partial charge in [0, 0.05) is 6.42 Å². The molecule has 0 heterocycles. The summed E-state index contributed by atoms with van der Waals surface area (Å²) in [5.41, 5.74) is 0. The monoisotopic (exact) mass is 854 g/mol. The molecule has 0 aromatic heterocycles. The number of unbranched alkanes of at least 4 members (excludes halogenated alkanes) is 37. The van der Waals surface area contributed by atoms with Crippen molar-refractivity contribution in [3.8, 4) is 0 Å². The van der Waals surface area contributed by atoms with Crippen molar-refractivity contribution in [2.45, 2.75) is 302 Å². The van der Waals surface area contributed by atoms with Crippen LogP contribution in [0.1, 0.15) is 290 Å². The fraction of sp³-hybridized carbons (Fsp3) is 0.842. The van der Waals surface area contributed by atoms with Gasteiger partial charge in [-0.05, 0) is 64.2 Å².